The summed E-state index contributed by atoms with van der Waals surface area (Å²) in [5, 5.41) is 5.75. The lowest BCUT2D eigenvalue weighted by molar-refractivity contribution is 0.102. The maximum absolute atomic E-state index is 12.8. The highest BCUT2D eigenvalue weighted by molar-refractivity contribution is 6.07. The number of rotatable bonds is 5. The van der Waals surface area contributed by atoms with Crippen molar-refractivity contribution < 1.29 is 9.18 Å². The smallest absolute Gasteiger partial charge is 0.259 e. The van der Waals surface area contributed by atoms with E-state index in [1.807, 2.05) is 6.92 Å². The van der Waals surface area contributed by atoms with E-state index in [2.05, 4.69) is 20.6 Å². The van der Waals surface area contributed by atoms with Gasteiger partial charge in [0, 0.05) is 12.7 Å². The lowest BCUT2D eigenvalue weighted by atomic mass is 10.2. The van der Waals surface area contributed by atoms with Crippen LogP contribution in [0.5, 0.6) is 0 Å². The lowest BCUT2D eigenvalue weighted by Crippen LogP contribution is -2.16. The Balaban J connectivity index is 2.14. The molecule has 2 aromatic heterocycles. The third-order valence-electron chi connectivity index (χ3n) is 2.60. The Hall–Kier alpha value is -2.50. The van der Waals surface area contributed by atoms with Crippen LogP contribution in [0, 0.1) is 5.82 Å². The van der Waals surface area contributed by atoms with Gasteiger partial charge >= 0.3 is 0 Å². The molecule has 0 saturated carbocycles. The second kappa shape index (κ2) is 6.60. The van der Waals surface area contributed by atoms with E-state index >= 15 is 0 Å². The molecule has 0 aliphatic heterocycles. The fourth-order valence-corrected chi connectivity index (χ4v) is 1.63. The number of nitrogens with zero attached hydrogens (tertiary/aromatic N) is 2. The van der Waals surface area contributed by atoms with Gasteiger partial charge in [-0.1, -0.05) is 6.92 Å². The molecular formula is C14H15FN4O. The van der Waals surface area contributed by atoms with Crippen LogP contribution in [0.15, 0.2) is 36.8 Å². The van der Waals surface area contributed by atoms with Gasteiger partial charge in [-0.15, -0.1) is 0 Å². The van der Waals surface area contributed by atoms with Crippen LogP contribution < -0.4 is 10.6 Å². The lowest BCUT2D eigenvalue weighted by Gasteiger charge is -2.10. The molecule has 0 spiro atoms. The zero-order chi connectivity index (χ0) is 14.4. The zero-order valence-corrected chi connectivity index (χ0v) is 11.1. The molecule has 104 valence electrons. The summed E-state index contributed by atoms with van der Waals surface area (Å²) in [7, 11) is 0. The van der Waals surface area contributed by atoms with Crippen molar-refractivity contribution in [3.05, 3.63) is 48.2 Å². The molecule has 0 fully saturated rings. The quantitative estimate of drug-likeness (QED) is 0.879. The average molecular weight is 274 g/mol. The number of carbonyl (C=O) groups is 1. The summed E-state index contributed by atoms with van der Waals surface area (Å²) in [6.45, 7) is 2.78. The van der Waals surface area contributed by atoms with Gasteiger partial charge in [-0.3, -0.25) is 9.78 Å². The molecule has 20 heavy (non-hydrogen) atoms. The van der Waals surface area contributed by atoms with Crippen LogP contribution in [0.2, 0.25) is 0 Å². The third kappa shape index (κ3) is 3.50. The zero-order valence-electron chi connectivity index (χ0n) is 11.1. The first kappa shape index (κ1) is 13.9. The minimum Gasteiger partial charge on any atom is -0.383 e. The number of amides is 1. The van der Waals surface area contributed by atoms with Crippen molar-refractivity contribution in [3.8, 4) is 0 Å². The molecular weight excluding hydrogens is 259 g/mol. The Labute approximate surface area is 116 Å². The van der Waals surface area contributed by atoms with Crippen LogP contribution in [0.3, 0.4) is 0 Å². The largest absolute Gasteiger partial charge is 0.383 e. The molecule has 2 N–H and O–H groups in total. The normalized spacial score (nSPS) is 10.1. The second-order valence-corrected chi connectivity index (χ2v) is 4.16. The SMILES string of the molecule is CCCNc1cnccc1C(=O)Nc1ccc(F)cn1. The number of halogens is 1. The van der Waals surface area contributed by atoms with Gasteiger partial charge in [0.2, 0.25) is 0 Å². The van der Waals surface area contributed by atoms with E-state index < -0.39 is 5.82 Å². The summed E-state index contributed by atoms with van der Waals surface area (Å²) in [6.07, 6.45) is 5.14. The molecule has 0 saturated heterocycles. The number of nitrogens with one attached hydrogen (secondary N) is 2. The van der Waals surface area contributed by atoms with Gasteiger partial charge in [-0.25, -0.2) is 9.37 Å². The average Bonchev–Trinajstić information content (AvgIpc) is 2.47. The molecule has 0 bridgehead atoms. The second-order valence-electron chi connectivity index (χ2n) is 4.16. The molecule has 0 atom stereocenters. The van der Waals surface area contributed by atoms with Gasteiger partial charge in [-0.2, -0.15) is 0 Å². The van der Waals surface area contributed by atoms with Gasteiger partial charge in [-0.05, 0) is 24.6 Å². The van der Waals surface area contributed by atoms with E-state index in [4.69, 9.17) is 0 Å². The summed E-state index contributed by atoms with van der Waals surface area (Å²) < 4.78 is 12.8. The van der Waals surface area contributed by atoms with Crippen LogP contribution >= 0.6 is 0 Å². The summed E-state index contributed by atoms with van der Waals surface area (Å²) >= 11 is 0. The van der Waals surface area contributed by atoms with Crippen LogP contribution in [0.4, 0.5) is 15.9 Å². The Kier molecular flexibility index (Phi) is 4.60. The predicted octanol–water partition coefficient (Wildman–Crippen LogP) is 2.69. The van der Waals surface area contributed by atoms with Crippen molar-refractivity contribution in [2.24, 2.45) is 0 Å². The summed E-state index contributed by atoms with van der Waals surface area (Å²) in [4.78, 5) is 20.0. The van der Waals surface area contributed by atoms with Crippen molar-refractivity contribution in [1.29, 1.82) is 0 Å². The highest BCUT2D eigenvalue weighted by atomic mass is 19.1. The van der Waals surface area contributed by atoms with E-state index in [0.717, 1.165) is 19.2 Å². The Morgan fingerprint density at radius 1 is 1.30 bits per heavy atom. The number of anilines is 2. The van der Waals surface area contributed by atoms with Crippen LogP contribution in [0.25, 0.3) is 0 Å². The highest BCUT2D eigenvalue weighted by Gasteiger charge is 2.11. The summed E-state index contributed by atoms with van der Waals surface area (Å²) in [5.74, 6) is -0.461. The monoisotopic (exact) mass is 274 g/mol. The van der Waals surface area contributed by atoms with Crippen molar-refractivity contribution in [2.75, 3.05) is 17.2 Å². The van der Waals surface area contributed by atoms with E-state index in [9.17, 15) is 9.18 Å². The Bertz CT molecular complexity index is 586. The van der Waals surface area contributed by atoms with E-state index in [1.54, 1.807) is 18.5 Å². The maximum atomic E-state index is 12.8. The van der Waals surface area contributed by atoms with Crippen molar-refractivity contribution in [1.82, 2.24) is 9.97 Å². The number of hydrogen-bond acceptors (Lipinski definition) is 4. The molecule has 5 nitrogen and oxygen atoms in total. The van der Waals surface area contributed by atoms with Crippen molar-refractivity contribution in [3.63, 3.8) is 0 Å². The predicted molar refractivity (Wildman–Crippen MR) is 75.2 cm³/mol. The van der Waals surface area contributed by atoms with E-state index in [0.29, 0.717) is 17.1 Å². The molecule has 1 amide bonds. The minimum absolute atomic E-state index is 0.301. The molecule has 0 aromatic carbocycles. The van der Waals surface area contributed by atoms with Gasteiger partial charge in [0.15, 0.2) is 0 Å². The van der Waals surface area contributed by atoms with Gasteiger partial charge in [0.05, 0.1) is 23.6 Å². The molecule has 0 radical (unpaired) electrons. The maximum Gasteiger partial charge on any atom is 0.259 e. The molecule has 0 aliphatic rings. The molecule has 2 heterocycles. The highest BCUT2D eigenvalue weighted by Crippen LogP contribution is 2.15. The van der Waals surface area contributed by atoms with E-state index in [1.165, 1.54) is 12.1 Å². The van der Waals surface area contributed by atoms with Crippen molar-refractivity contribution >= 4 is 17.4 Å². The summed E-state index contributed by atoms with van der Waals surface area (Å²) in [5.41, 5.74) is 1.13. The Morgan fingerprint density at radius 3 is 2.85 bits per heavy atom. The number of pyridine rings is 2. The minimum atomic E-state index is -0.447. The molecule has 2 aromatic rings. The van der Waals surface area contributed by atoms with Crippen LogP contribution in [0.1, 0.15) is 23.7 Å². The van der Waals surface area contributed by atoms with Gasteiger partial charge in [0.1, 0.15) is 11.6 Å². The molecule has 6 heteroatoms. The van der Waals surface area contributed by atoms with Crippen molar-refractivity contribution in [2.45, 2.75) is 13.3 Å². The first-order valence-electron chi connectivity index (χ1n) is 6.31. The standard InChI is InChI=1S/C14H15FN4O/c1-2-6-17-12-9-16-7-5-11(12)14(20)19-13-4-3-10(15)8-18-13/h3-5,7-9,17H,2,6H2,1H3,(H,18,19,20). The number of hydrogen-bond donors (Lipinski definition) is 2. The number of aromatic nitrogens is 2. The van der Waals surface area contributed by atoms with Crippen LogP contribution in [-0.2, 0) is 0 Å². The first-order valence-corrected chi connectivity index (χ1v) is 6.31. The fourth-order valence-electron chi connectivity index (χ4n) is 1.63. The topological polar surface area (TPSA) is 66.9 Å². The fraction of sp³-hybridized carbons (Fsp3) is 0.214. The van der Waals surface area contributed by atoms with Crippen LogP contribution in [-0.4, -0.2) is 22.4 Å². The van der Waals surface area contributed by atoms with Gasteiger partial charge in [0.25, 0.3) is 5.91 Å². The molecule has 2 rings (SSSR count). The van der Waals surface area contributed by atoms with E-state index in [-0.39, 0.29) is 5.91 Å². The summed E-state index contributed by atoms with van der Waals surface area (Å²) in [6, 6.07) is 4.27. The third-order valence-corrected chi connectivity index (χ3v) is 2.60. The first-order chi connectivity index (χ1) is 9.70. The Morgan fingerprint density at radius 2 is 2.15 bits per heavy atom. The molecule has 0 aliphatic carbocycles. The molecule has 0 unspecified atom stereocenters. The van der Waals surface area contributed by atoms with Gasteiger partial charge < -0.3 is 10.6 Å². The number of carbonyl (C=O) groups excluding carboxylic acids is 1.